The Hall–Kier alpha value is -1.73. The minimum atomic E-state index is -0.0238. The van der Waals surface area contributed by atoms with E-state index < -0.39 is 0 Å². The van der Waals surface area contributed by atoms with E-state index in [4.69, 9.17) is 21.1 Å². The molecule has 1 heterocycles. The molecule has 3 rings (SSSR count). The number of benzene rings is 2. The lowest BCUT2D eigenvalue weighted by atomic mass is 10.1. The van der Waals surface area contributed by atoms with Crippen molar-refractivity contribution in [3.63, 3.8) is 0 Å². The summed E-state index contributed by atoms with van der Waals surface area (Å²) < 4.78 is 11.4. The third kappa shape index (κ3) is 7.51. The van der Waals surface area contributed by atoms with Crippen LogP contribution in [0.1, 0.15) is 18.4 Å². The molecule has 162 valence electrons. The number of carbonyl (C=O) groups excluding carboxylic acids is 1. The molecule has 2 aromatic carbocycles. The van der Waals surface area contributed by atoms with E-state index in [1.807, 2.05) is 48.5 Å². The van der Waals surface area contributed by atoms with Crippen LogP contribution in [-0.4, -0.2) is 56.0 Å². The quantitative estimate of drug-likeness (QED) is 0.551. The highest BCUT2D eigenvalue weighted by Gasteiger charge is 2.18. The van der Waals surface area contributed by atoms with Gasteiger partial charge in [-0.25, -0.2) is 0 Å². The van der Waals surface area contributed by atoms with Crippen LogP contribution in [0.2, 0.25) is 5.02 Å². The van der Waals surface area contributed by atoms with Crippen molar-refractivity contribution in [1.29, 1.82) is 0 Å². The van der Waals surface area contributed by atoms with E-state index in [-0.39, 0.29) is 5.91 Å². The van der Waals surface area contributed by atoms with Gasteiger partial charge in [-0.1, -0.05) is 35.9 Å². The molecule has 1 aliphatic heterocycles. The molecule has 1 saturated heterocycles. The van der Waals surface area contributed by atoms with Crippen molar-refractivity contribution < 1.29 is 14.3 Å². The topological polar surface area (TPSA) is 50.8 Å². The van der Waals surface area contributed by atoms with E-state index in [2.05, 4.69) is 17.3 Å². The van der Waals surface area contributed by atoms with Crippen molar-refractivity contribution in [2.45, 2.75) is 30.3 Å². The van der Waals surface area contributed by atoms with Crippen LogP contribution >= 0.6 is 23.4 Å². The molecular weight excluding hydrogens is 420 g/mol. The van der Waals surface area contributed by atoms with E-state index in [1.165, 1.54) is 11.8 Å². The average Bonchev–Trinajstić information content (AvgIpc) is 2.78. The summed E-state index contributed by atoms with van der Waals surface area (Å²) in [5, 5.41) is 3.62. The largest absolute Gasteiger partial charge is 0.492 e. The van der Waals surface area contributed by atoms with Crippen LogP contribution in [0, 0.1) is 0 Å². The molecule has 5 nitrogen and oxygen atoms in total. The van der Waals surface area contributed by atoms with Crippen molar-refractivity contribution in [2.24, 2.45) is 0 Å². The predicted molar refractivity (Wildman–Crippen MR) is 122 cm³/mol. The summed E-state index contributed by atoms with van der Waals surface area (Å²) >= 11 is 7.57. The number of hydrogen-bond acceptors (Lipinski definition) is 5. The number of likely N-dealkylation sites (N-methyl/N-ethyl adjacent to an activating group) is 1. The fraction of sp³-hybridized carbons (Fsp3) is 0.435. The molecule has 7 heteroatoms. The smallest absolute Gasteiger partial charge is 0.230 e. The highest BCUT2D eigenvalue weighted by atomic mass is 35.5. The van der Waals surface area contributed by atoms with Gasteiger partial charge in [-0.3, -0.25) is 9.69 Å². The SMILES string of the molecule is CN(CCOc1cccc(CNC(=O)CSc2ccccc2Cl)c1)C1CCOCC1. The molecule has 1 aliphatic rings. The van der Waals surface area contributed by atoms with Crippen LogP contribution in [0.5, 0.6) is 5.75 Å². The van der Waals surface area contributed by atoms with Gasteiger partial charge in [0.1, 0.15) is 12.4 Å². The van der Waals surface area contributed by atoms with Gasteiger partial charge >= 0.3 is 0 Å². The van der Waals surface area contributed by atoms with Gasteiger partial charge in [0.25, 0.3) is 0 Å². The summed E-state index contributed by atoms with van der Waals surface area (Å²) in [6.45, 7) is 3.69. The summed E-state index contributed by atoms with van der Waals surface area (Å²) in [6.07, 6.45) is 2.17. The minimum absolute atomic E-state index is 0.0238. The Balaban J connectivity index is 1.38. The first-order valence-corrected chi connectivity index (χ1v) is 11.6. The lowest BCUT2D eigenvalue weighted by Crippen LogP contribution is -2.38. The highest BCUT2D eigenvalue weighted by molar-refractivity contribution is 8.00. The summed E-state index contributed by atoms with van der Waals surface area (Å²) in [6, 6.07) is 16.0. The maximum atomic E-state index is 12.2. The van der Waals surface area contributed by atoms with Gasteiger partial charge in [-0.2, -0.15) is 0 Å². The lowest BCUT2D eigenvalue weighted by molar-refractivity contribution is -0.118. The van der Waals surface area contributed by atoms with Gasteiger partial charge in [0.15, 0.2) is 0 Å². The number of thioether (sulfide) groups is 1. The van der Waals surface area contributed by atoms with Gasteiger partial charge in [0, 0.05) is 37.2 Å². The van der Waals surface area contributed by atoms with Crippen LogP contribution in [0.4, 0.5) is 0 Å². The Morgan fingerprint density at radius 2 is 2.03 bits per heavy atom. The van der Waals surface area contributed by atoms with Crippen molar-refractivity contribution >= 4 is 29.3 Å². The van der Waals surface area contributed by atoms with E-state index in [9.17, 15) is 4.79 Å². The van der Waals surface area contributed by atoms with Crippen molar-refractivity contribution in [3.8, 4) is 5.75 Å². The van der Waals surface area contributed by atoms with E-state index in [0.29, 0.717) is 30.0 Å². The zero-order valence-electron chi connectivity index (χ0n) is 17.3. The summed E-state index contributed by atoms with van der Waals surface area (Å²) in [5.41, 5.74) is 1.02. The monoisotopic (exact) mass is 448 g/mol. The molecule has 0 radical (unpaired) electrons. The van der Waals surface area contributed by atoms with Gasteiger partial charge < -0.3 is 14.8 Å². The molecule has 0 unspecified atom stereocenters. The Morgan fingerprint density at radius 1 is 1.23 bits per heavy atom. The third-order valence-electron chi connectivity index (χ3n) is 5.11. The minimum Gasteiger partial charge on any atom is -0.492 e. The van der Waals surface area contributed by atoms with Gasteiger partial charge in [-0.15, -0.1) is 11.8 Å². The van der Waals surface area contributed by atoms with Crippen LogP contribution in [0.15, 0.2) is 53.4 Å². The molecule has 1 N–H and O–H groups in total. The first kappa shape index (κ1) is 22.9. The summed E-state index contributed by atoms with van der Waals surface area (Å²) in [5.74, 6) is 1.13. The molecule has 0 aliphatic carbocycles. The van der Waals surface area contributed by atoms with Gasteiger partial charge in [0.05, 0.1) is 10.8 Å². The fourth-order valence-corrected chi connectivity index (χ4v) is 4.39. The first-order valence-electron chi connectivity index (χ1n) is 10.3. The number of ether oxygens (including phenoxy) is 2. The van der Waals surface area contributed by atoms with Gasteiger partial charge in [0.2, 0.25) is 5.91 Å². The maximum absolute atomic E-state index is 12.2. The van der Waals surface area contributed by atoms with Crippen LogP contribution in [0.3, 0.4) is 0 Å². The highest BCUT2D eigenvalue weighted by Crippen LogP contribution is 2.26. The van der Waals surface area contributed by atoms with Crippen molar-refractivity contribution in [2.75, 3.05) is 39.2 Å². The molecular formula is C23H29ClN2O3S. The van der Waals surface area contributed by atoms with Crippen LogP contribution < -0.4 is 10.1 Å². The summed E-state index contributed by atoms with van der Waals surface area (Å²) in [7, 11) is 2.14. The standard InChI is InChI=1S/C23H29ClN2O3S/c1-26(19-9-12-28-13-10-19)11-14-29-20-6-4-5-18(15-20)16-25-23(27)17-30-22-8-3-2-7-21(22)24/h2-8,15,19H,9-14,16-17H2,1H3,(H,25,27). The van der Waals surface area contributed by atoms with E-state index in [0.717, 1.165) is 48.8 Å². The molecule has 0 atom stereocenters. The molecule has 1 amide bonds. The second-order valence-electron chi connectivity index (χ2n) is 7.32. The normalized spacial score (nSPS) is 14.6. The van der Waals surface area contributed by atoms with E-state index >= 15 is 0 Å². The van der Waals surface area contributed by atoms with Crippen LogP contribution in [0.25, 0.3) is 0 Å². The number of nitrogens with zero attached hydrogens (tertiary/aromatic N) is 1. The average molecular weight is 449 g/mol. The lowest BCUT2D eigenvalue weighted by Gasteiger charge is -2.31. The molecule has 0 aromatic heterocycles. The zero-order chi connectivity index (χ0) is 21.2. The van der Waals surface area contributed by atoms with Crippen molar-refractivity contribution in [1.82, 2.24) is 10.2 Å². The fourth-order valence-electron chi connectivity index (χ4n) is 3.32. The second-order valence-corrected chi connectivity index (χ2v) is 8.74. The number of rotatable bonds is 10. The van der Waals surface area contributed by atoms with Gasteiger partial charge in [-0.05, 0) is 49.7 Å². The molecule has 0 bridgehead atoms. The molecule has 2 aromatic rings. The Bertz CT molecular complexity index is 815. The van der Waals surface area contributed by atoms with Crippen LogP contribution in [-0.2, 0) is 16.1 Å². The molecule has 0 spiro atoms. The Labute approximate surface area is 188 Å². The maximum Gasteiger partial charge on any atom is 0.230 e. The number of amides is 1. The second kappa shape index (κ2) is 12.2. The van der Waals surface area contributed by atoms with Crippen molar-refractivity contribution in [3.05, 3.63) is 59.1 Å². The number of nitrogens with one attached hydrogen (secondary N) is 1. The number of hydrogen-bond donors (Lipinski definition) is 1. The summed E-state index contributed by atoms with van der Waals surface area (Å²) in [4.78, 5) is 15.4. The number of carbonyl (C=O) groups is 1. The molecule has 30 heavy (non-hydrogen) atoms. The number of halogens is 1. The predicted octanol–water partition coefficient (Wildman–Crippen LogP) is 4.24. The Morgan fingerprint density at radius 3 is 2.83 bits per heavy atom. The molecule has 1 fully saturated rings. The van der Waals surface area contributed by atoms with E-state index in [1.54, 1.807) is 0 Å². The first-order chi connectivity index (χ1) is 14.6. The third-order valence-corrected chi connectivity index (χ3v) is 6.63. The zero-order valence-corrected chi connectivity index (χ0v) is 18.9. The Kier molecular flexibility index (Phi) is 9.33. The molecule has 0 saturated carbocycles.